The molecule has 0 fully saturated rings. The quantitative estimate of drug-likeness (QED) is 0.450. The van der Waals surface area contributed by atoms with Crippen molar-refractivity contribution in [1.29, 1.82) is 5.26 Å². The second kappa shape index (κ2) is 6.12. The molecule has 0 aliphatic rings. The van der Waals surface area contributed by atoms with Crippen LogP contribution in [0, 0.1) is 16.5 Å². The summed E-state index contributed by atoms with van der Waals surface area (Å²) in [6, 6.07) is 7.94. The summed E-state index contributed by atoms with van der Waals surface area (Å²) in [6.45, 7) is 0. The lowest BCUT2D eigenvalue weighted by molar-refractivity contribution is 0.628. The molecule has 0 radical (unpaired) electrons. The minimum atomic E-state index is -0.178. The van der Waals surface area contributed by atoms with Gasteiger partial charge in [0.05, 0.1) is 0 Å². The van der Waals surface area contributed by atoms with Crippen LogP contribution in [-0.2, 0) is 0 Å². The highest BCUT2D eigenvalue weighted by Gasteiger charge is 1.77. The van der Waals surface area contributed by atoms with Crippen molar-refractivity contribution in [2.45, 2.75) is 0 Å². The number of thiocyanates is 1. The third kappa shape index (κ3) is 5.13. The average Bonchev–Trinajstić information content (AvgIpc) is 1.91. The molecule has 0 atom stereocenters. The first-order valence-electron chi connectivity index (χ1n) is 2.55. The van der Waals surface area contributed by atoms with Gasteiger partial charge in [0.25, 0.3) is 0 Å². The van der Waals surface area contributed by atoms with E-state index in [0.29, 0.717) is 0 Å². The van der Waals surface area contributed by atoms with Gasteiger partial charge < -0.3 is 0 Å². The molecule has 3 heteroatoms. The normalized spacial score (nSPS) is 6.90. The predicted octanol–water partition coefficient (Wildman–Crippen LogP) is 2.22. The van der Waals surface area contributed by atoms with Gasteiger partial charge in [0.1, 0.15) is 11.2 Å². The van der Waals surface area contributed by atoms with Gasteiger partial charge in [-0.1, -0.05) is 30.8 Å². The molecule has 1 aromatic rings. The number of halogens is 1. The Bertz CT molecular complexity index is 205. The molecule has 0 saturated heterocycles. The lowest BCUT2D eigenvalue weighted by atomic mass is 10.4. The van der Waals surface area contributed by atoms with Crippen LogP contribution in [0.15, 0.2) is 30.3 Å². The van der Waals surface area contributed by atoms with Crippen molar-refractivity contribution in [3.8, 4) is 5.40 Å². The minimum Gasteiger partial charge on any atom is -0.207 e. The van der Waals surface area contributed by atoms with Crippen LogP contribution in [-0.4, -0.2) is 0 Å². The van der Waals surface area contributed by atoms with Crippen LogP contribution in [0.4, 0.5) is 4.39 Å². The summed E-state index contributed by atoms with van der Waals surface area (Å²) in [7, 11) is 0. The van der Waals surface area contributed by atoms with Crippen molar-refractivity contribution in [2.24, 2.45) is 0 Å². The average molecular weight is 155 g/mol. The van der Waals surface area contributed by atoms with E-state index in [1.54, 1.807) is 18.2 Å². The van der Waals surface area contributed by atoms with Crippen LogP contribution in [0.25, 0.3) is 0 Å². The Morgan fingerprint density at radius 1 is 1.30 bits per heavy atom. The summed E-state index contributed by atoms with van der Waals surface area (Å²) in [6.07, 6.45) is 0. The van der Waals surface area contributed by atoms with Crippen molar-refractivity contribution >= 4 is 12.6 Å². The third-order valence-electron chi connectivity index (χ3n) is 0.733. The molecule has 0 saturated carbocycles. The van der Waals surface area contributed by atoms with Gasteiger partial charge in [0.2, 0.25) is 0 Å². The van der Waals surface area contributed by atoms with Gasteiger partial charge in [-0.2, -0.15) is 5.26 Å². The van der Waals surface area contributed by atoms with Crippen LogP contribution < -0.4 is 0 Å². The highest BCUT2D eigenvalue weighted by Crippen LogP contribution is 1.91. The number of nitrogens with zero attached hydrogens (tertiary/aromatic N) is 1. The maximum atomic E-state index is 11.9. The van der Waals surface area contributed by atoms with Gasteiger partial charge in [-0.15, -0.1) is 0 Å². The summed E-state index contributed by atoms with van der Waals surface area (Å²) >= 11 is 3.09. The lowest BCUT2D eigenvalue weighted by Crippen LogP contribution is -1.63. The maximum Gasteiger partial charge on any atom is 0.130 e. The van der Waals surface area contributed by atoms with Gasteiger partial charge in [-0.25, -0.2) is 4.39 Å². The van der Waals surface area contributed by atoms with Crippen molar-refractivity contribution in [3.05, 3.63) is 36.1 Å². The molecule has 0 spiro atoms. The van der Waals surface area contributed by atoms with Crippen molar-refractivity contribution in [1.82, 2.24) is 0 Å². The van der Waals surface area contributed by atoms with Gasteiger partial charge in [0.15, 0.2) is 0 Å². The molecule has 1 nitrogen and oxygen atoms in total. The zero-order valence-electron chi connectivity index (χ0n) is 5.16. The fraction of sp³-hybridized carbons (Fsp3) is 0. The van der Waals surface area contributed by atoms with Crippen LogP contribution in [0.1, 0.15) is 0 Å². The first-order valence-corrected chi connectivity index (χ1v) is 2.99. The van der Waals surface area contributed by atoms with Gasteiger partial charge in [-0.05, 0) is 12.1 Å². The lowest BCUT2D eigenvalue weighted by Gasteiger charge is -1.78. The van der Waals surface area contributed by atoms with E-state index in [2.05, 4.69) is 12.6 Å². The van der Waals surface area contributed by atoms with Gasteiger partial charge in [0, 0.05) is 0 Å². The number of thiol groups is 1. The molecular formula is C7H6FNS. The zero-order valence-corrected chi connectivity index (χ0v) is 6.05. The zero-order chi connectivity index (χ0) is 7.82. The van der Waals surface area contributed by atoms with E-state index >= 15 is 0 Å². The molecule has 0 amide bonds. The number of benzene rings is 1. The van der Waals surface area contributed by atoms with Gasteiger partial charge >= 0.3 is 0 Å². The van der Waals surface area contributed by atoms with E-state index in [9.17, 15) is 4.39 Å². The van der Waals surface area contributed by atoms with E-state index in [-0.39, 0.29) is 5.82 Å². The predicted molar refractivity (Wildman–Crippen MR) is 41.0 cm³/mol. The second-order valence-electron chi connectivity index (χ2n) is 1.40. The third-order valence-corrected chi connectivity index (χ3v) is 0.733. The summed E-state index contributed by atoms with van der Waals surface area (Å²) in [4.78, 5) is 0. The fourth-order valence-electron chi connectivity index (χ4n) is 0.415. The highest BCUT2D eigenvalue weighted by molar-refractivity contribution is 7.85. The Morgan fingerprint density at radius 3 is 1.90 bits per heavy atom. The molecule has 0 bridgehead atoms. The van der Waals surface area contributed by atoms with Crippen molar-refractivity contribution in [3.63, 3.8) is 0 Å². The molecular weight excluding hydrogens is 149 g/mol. The van der Waals surface area contributed by atoms with E-state index in [0.717, 1.165) is 0 Å². The Morgan fingerprint density at radius 2 is 1.70 bits per heavy atom. The standard InChI is InChI=1S/C6H5F.CHNS/c7-6-4-2-1-3-5-6;2-1-3/h1-5H;3H. The number of hydrogen-bond acceptors (Lipinski definition) is 2. The highest BCUT2D eigenvalue weighted by atomic mass is 32.1. The molecule has 1 aromatic carbocycles. The Kier molecular flexibility index (Phi) is 5.50. The minimum absolute atomic E-state index is 0.178. The van der Waals surface area contributed by atoms with Crippen LogP contribution >= 0.6 is 12.6 Å². The second-order valence-corrected chi connectivity index (χ2v) is 1.60. The molecule has 52 valence electrons. The van der Waals surface area contributed by atoms with E-state index in [4.69, 9.17) is 5.26 Å². The van der Waals surface area contributed by atoms with Gasteiger partial charge in [-0.3, -0.25) is 0 Å². The molecule has 0 aliphatic heterocycles. The SMILES string of the molecule is Fc1ccccc1.N#CS. The van der Waals surface area contributed by atoms with Crippen molar-refractivity contribution in [2.75, 3.05) is 0 Å². The summed E-state index contributed by atoms with van der Waals surface area (Å²) in [5, 5.41) is 8.63. The molecule has 0 unspecified atom stereocenters. The molecule has 1 rings (SSSR count). The first-order chi connectivity index (χ1) is 4.81. The Labute approximate surface area is 64.5 Å². The summed E-state index contributed by atoms with van der Waals surface area (Å²) in [5.41, 5.74) is 0. The number of hydrogen-bond donors (Lipinski definition) is 1. The smallest absolute Gasteiger partial charge is 0.130 e. The van der Waals surface area contributed by atoms with E-state index in [1.165, 1.54) is 17.5 Å². The number of rotatable bonds is 0. The monoisotopic (exact) mass is 155 g/mol. The molecule has 0 aliphatic carbocycles. The number of nitriles is 1. The summed E-state index contributed by atoms with van der Waals surface area (Å²) in [5.74, 6) is -0.178. The van der Waals surface area contributed by atoms with Crippen molar-refractivity contribution < 1.29 is 4.39 Å². The maximum absolute atomic E-state index is 11.9. The molecule has 0 N–H and O–H groups in total. The Balaban J connectivity index is 0.000000236. The molecule has 0 aromatic heterocycles. The molecule has 0 heterocycles. The largest absolute Gasteiger partial charge is 0.207 e. The van der Waals surface area contributed by atoms with Crippen LogP contribution in [0.3, 0.4) is 0 Å². The Hall–Kier alpha value is -1.01. The van der Waals surface area contributed by atoms with E-state index in [1.807, 2.05) is 0 Å². The topological polar surface area (TPSA) is 23.8 Å². The van der Waals surface area contributed by atoms with Crippen LogP contribution in [0.2, 0.25) is 0 Å². The summed E-state index contributed by atoms with van der Waals surface area (Å²) < 4.78 is 11.9. The van der Waals surface area contributed by atoms with Crippen LogP contribution in [0.5, 0.6) is 0 Å². The molecule has 10 heavy (non-hydrogen) atoms. The fourth-order valence-corrected chi connectivity index (χ4v) is 0.415. The van der Waals surface area contributed by atoms with E-state index < -0.39 is 0 Å². The first kappa shape index (κ1) is 8.99.